The molecule has 2 N–H and O–H groups in total. The van der Waals surface area contributed by atoms with E-state index in [1.54, 1.807) is 30.3 Å². The molecule has 0 aliphatic carbocycles. The minimum atomic E-state index is -5.21. The van der Waals surface area contributed by atoms with E-state index in [-0.39, 0.29) is 6.61 Å². The Morgan fingerprint density at radius 3 is 2.24 bits per heavy atom. The molecular weight excluding hydrogens is 328 g/mol. The van der Waals surface area contributed by atoms with Crippen molar-refractivity contribution in [1.82, 2.24) is 0 Å². The summed E-state index contributed by atoms with van der Waals surface area (Å²) in [5.74, 6) is 0. The van der Waals surface area contributed by atoms with Crippen LogP contribution < -0.4 is 0 Å². The Morgan fingerprint density at radius 2 is 1.71 bits per heavy atom. The highest BCUT2D eigenvalue weighted by molar-refractivity contribution is 7.94. The molecule has 1 aromatic carbocycles. The van der Waals surface area contributed by atoms with Crippen molar-refractivity contribution in [2.24, 2.45) is 0 Å². The van der Waals surface area contributed by atoms with E-state index in [1.807, 2.05) is 0 Å². The minimum absolute atomic E-state index is 0.0919. The van der Waals surface area contributed by atoms with Gasteiger partial charge in [0.15, 0.2) is 0 Å². The maximum atomic E-state index is 11.0. The molecule has 1 unspecified atom stereocenters. The molecule has 21 heavy (non-hydrogen) atoms. The summed E-state index contributed by atoms with van der Waals surface area (Å²) >= 11 is 0. The summed E-state index contributed by atoms with van der Waals surface area (Å²) in [6.45, 7) is -1.15. The largest absolute Gasteiger partial charge is 0.416 e. The van der Waals surface area contributed by atoms with E-state index in [1.165, 1.54) is 0 Å². The lowest BCUT2D eigenvalue weighted by Gasteiger charge is -2.14. The third-order valence-corrected chi connectivity index (χ3v) is 3.88. The molecule has 0 aliphatic heterocycles. The van der Waals surface area contributed by atoms with Crippen LogP contribution in [0.15, 0.2) is 30.3 Å². The third-order valence-electron chi connectivity index (χ3n) is 2.10. The van der Waals surface area contributed by atoms with E-state index in [0.717, 1.165) is 5.56 Å². The van der Waals surface area contributed by atoms with E-state index < -0.39 is 40.1 Å². The lowest BCUT2D eigenvalue weighted by molar-refractivity contribution is -0.0231. The van der Waals surface area contributed by atoms with Crippen molar-refractivity contribution in [3.05, 3.63) is 35.9 Å². The topological polar surface area (TPSA) is 136 Å². The van der Waals surface area contributed by atoms with Gasteiger partial charge in [-0.3, -0.25) is 4.55 Å². The van der Waals surface area contributed by atoms with Crippen LogP contribution in [0.5, 0.6) is 0 Å². The van der Waals surface area contributed by atoms with Crippen molar-refractivity contribution in [3.8, 4) is 0 Å². The summed E-state index contributed by atoms with van der Waals surface area (Å²) in [5, 5.41) is 9.03. The molecule has 0 aromatic heterocycles. The third kappa shape index (κ3) is 8.06. The van der Waals surface area contributed by atoms with Crippen molar-refractivity contribution < 1.29 is 39.0 Å². The highest BCUT2D eigenvalue weighted by Gasteiger charge is 2.23. The summed E-state index contributed by atoms with van der Waals surface area (Å²) in [6, 6.07) is 8.86. The first-order valence-electron chi connectivity index (χ1n) is 5.56. The van der Waals surface area contributed by atoms with Gasteiger partial charge >= 0.3 is 20.8 Å². The summed E-state index contributed by atoms with van der Waals surface area (Å²) in [5.41, 5.74) is 0.785. The van der Waals surface area contributed by atoms with Crippen LogP contribution >= 0.6 is 0 Å². The first kappa shape index (κ1) is 18.0. The van der Waals surface area contributed by atoms with Gasteiger partial charge in [0.05, 0.1) is 19.8 Å². The molecular formula is C10H14O9S2. The molecule has 1 atom stereocenters. The van der Waals surface area contributed by atoms with Crippen LogP contribution in [0.4, 0.5) is 0 Å². The van der Waals surface area contributed by atoms with Crippen LogP contribution in [-0.4, -0.2) is 45.8 Å². The average Bonchev–Trinajstić information content (AvgIpc) is 2.37. The molecule has 11 heteroatoms. The quantitative estimate of drug-likeness (QED) is 0.577. The number of ether oxygens (including phenoxy) is 1. The van der Waals surface area contributed by atoms with Gasteiger partial charge in [-0.25, -0.2) is 4.18 Å². The zero-order valence-electron chi connectivity index (χ0n) is 10.7. The molecule has 9 nitrogen and oxygen atoms in total. The number of benzene rings is 1. The van der Waals surface area contributed by atoms with Gasteiger partial charge in [0.1, 0.15) is 6.10 Å². The highest BCUT2D eigenvalue weighted by atomic mass is 32.3. The summed E-state index contributed by atoms with van der Waals surface area (Å²) < 4.78 is 63.5. The van der Waals surface area contributed by atoms with Crippen LogP contribution in [0.3, 0.4) is 0 Å². The molecule has 0 spiro atoms. The van der Waals surface area contributed by atoms with Gasteiger partial charge in [-0.1, -0.05) is 30.3 Å². The fourth-order valence-electron chi connectivity index (χ4n) is 1.23. The van der Waals surface area contributed by atoms with E-state index in [4.69, 9.17) is 14.4 Å². The molecule has 1 aromatic rings. The Balaban J connectivity index is 2.48. The Bertz CT molecular complexity index is 624. The molecule has 0 amide bonds. The van der Waals surface area contributed by atoms with E-state index in [9.17, 15) is 16.8 Å². The maximum absolute atomic E-state index is 11.0. The number of rotatable bonds is 9. The van der Waals surface area contributed by atoms with E-state index >= 15 is 0 Å². The normalized spacial score (nSPS) is 14.0. The number of hydrogen-bond donors (Lipinski definition) is 2. The summed E-state index contributed by atoms with van der Waals surface area (Å²) in [4.78, 5) is 0. The Morgan fingerprint density at radius 1 is 1.10 bits per heavy atom. The molecule has 1 rings (SSSR count). The van der Waals surface area contributed by atoms with Gasteiger partial charge in [-0.05, 0) is 5.56 Å². The van der Waals surface area contributed by atoms with Crippen LogP contribution in [0.25, 0.3) is 0 Å². The maximum Gasteiger partial charge on any atom is 0.416 e. The molecule has 0 bridgehead atoms. The van der Waals surface area contributed by atoms with Gasteiger partial charge in [0, 0.05) is 0 Å². The van der Waals surface area contributed by atoms with Crippen LogP contribution in [0, 0.1) is 0 Å². The molecule has 0 saturated heterocycles. The fraction of sp³-hybridized carbons (Fsp3) is 0.400. The molecule has 0 radical (unpaired) electrons. The summed E-state index contributed by atoms with van der Waals surface area (Å²) in [7, 11) is -10.2. The van der Waals surface area contributed by atoms with Crippen LogP contribution in [0.1, 0.15) is 5.56 Å². The SMILES string of the molecule is O=S(=O)(O)OS(=O)(=O)OCC(CO)OCc1ccccc1. The second kappa shape index (κ2) is 7.79. The predicted octanol–water partition coefficient (Wildman–Crippen LogP) is -0.355. The number of hydrogen-bond acceptors (Lipinski definition) is 8. The fourth-order valence-corrected chi connectivity index (χ4v) is 2.54. The van der Waals surface area contributed by atoms with Gasteiger partial charge in [-0.2, -0.15) is 16.8 Å². The summed E-state index contributed by atoms with van der Waals surface area (Å²) in [6.07, 6.45) is -1.02. The smallest absolute Gasteiger partial charge is 0.394 e. The van der Waals surface area contributed by atoms with Crippen LogP contribution in [-0.2, 0) is 40.0 Å². The first-order chi connectivity index (χ1) is 9.72. The van der Waals surface area contributed by atoms with Crippen molar-refractivity contribution in [3.63, 3.8) is 0 Å². The minimum Gasteiger partial charge on any atom is -0.394 e. The average molecular weight is 342 g/mol. The molecule has 0 saturated carbocycles. The second-order valence-corrected chi connectivity index (χ2v) is 6.24. The number of aliphatic hydroxyl groups is 1. The van der Waals surface area contributed by atoms with Gasteiger partial charge in [-0.15, -0.1) is 3.63 Å². The van der Waals surface area contributed by atoms with Crippen molar-refractivity contribution in [2.75, 3.05) is 13.2 Å². The zero-order valence-corrected chi connectivity index (χ0v) is 12.3. The Hall–Kier alpha value is -1.08. The predicted molar refractivity (Wildman–Crippen MR) is 69.6 cm³/mol. The number of aliphatic hydroxyl groups excluding tert-OH is 1. The van der Waals surface area contributed by atoms with E-state index in [0.29, 0.717) is 0 Å². The van der Waals surface area contributed by atoms with Gasteiger partial charge in [0.2, 0.25) is 0 Å². The van der Waals surface area contributed by atoms with Crippen molar-refractivity contribution in [1.29, 1.82) is 0 Å². The second-order valence-electron chi connectivity index (χ2n) is 3.79. The lowest BCUT2D eigenvalue weighted by atomic mass is 10.2. The van der Waals surface area contributed by atoms with Crippen molar-refractivity contribution in [2.45, 2.75) is 12.7 Å². The molecule has 0 fully saturated rings. The van der Waals surface area contributed by atoms with Gasteiger partial charge < -0.3 is 9.84 Å². The first-order valence-corrected chi connectivity index (χ1v) is 8.26. The molecule has 0 heterocycles. The Labute approximate surface area is 122 Å². The molecule has 0 aliphatic rings. The lowest BCUT2D eigenvalue weighted by Crippen LogP contribution is -2.27. The zero-order chi connectivity index (χ0) is 15.9. The Kier molecular flexibility index (Phi) is 6.67. The molecule has 120 valence electrons. The van der Waals surface area contributed by atoms with Crippen LogP contribution in [0.2, 0.25) is 0 Å². The standard InChI is InChI=1S/C10H14O9S2/c11-6-10(17-7-9-4-2-1-3-5-9)8-18-21(15,16)19-20(12,13)14/h1-5,10-11H,6-8H2,(H,12,13,14). The van der Waals surface area contributed by atoms with Crippen molar-refractivity contribution >= 4 is 20.8 Å². The van der Waals surface area contributed by atoms with Gasteiger partial charge in [0.25, 0.3) is 0 Å². The van der Waals surface area contributed by atoms with E-state index in [2.05, 4.69) is 7.81 Å². The monoisotopic (exact) mass is 342 g/mol. The highest BCUT2D eigenvalue weighted by Crippen LogP contribution is 2.07.